The quantitative estimate of drug-likeness (QED) is 0.168. The minimum Gasteiger partial charge on any atom is -0.309 e. The van der Waals surface area contributed by atoms with Crippen LogP contribution in [0.4, 0.5) is 0 Å². The molecule has 0 radical (unpaired) electrons. The summed E-state index contributed by atoms with van der Waals surface area (Å²) >= 11 is 3.80. The summed E-state index contributed by atoms with van der Waals surface area (Å²) in [6.07, 6.45) is 0. The summed E-state index contributed by atoms with van der Waals surface area (Å²) in [7, 11) is 0. The van der Waals surface area contributed by atoms with Crippen molar-refractivity contribution in [3.63, 3.8) is 0 Å². The minimum absolute atomic E-state index is 1.17. The van der Waals surface area contributed by atoms with E-state index >= 15 is 0 Å². The van der Waals surface area contributed by atoms with E-state index in [2.05, 4.69) is 179 Å². The zero-order valence-electron chi connectivity index (χ0n) is 28.9. The fraction of sp³-hybridized carbons (Fsp3) is 0. The van der Waals surface area contributed by atoms with Crippen LogP contribution < -0.4 is 0 Å². The molecule has 0 aliphatic heterocycles. The fourth-order valence-electron chi connectivity index (χ4n) is 9.25. The van der Waals surface area contributed by atoms with Crippen LogP contribution in [0.2, 0.25) is 0 Å². The summed E-state index contributed by atoms with van der Waals surface area (Å²) < 4.78 is 10.3. The largest absolute Gasteiger partial charge is 0.309 e. The van der Waals surface area contributed by atoms with Crippen molar-refractivity contribution in [3.8, 4) is 11.4 Å². The molecule has 0 aliphatic rings. The molecule has 0 fully saturated rings. The van der Waals surface area contributed by atoms with Gasteiger partial charge in [-0.1, -0.05) is 97.1 Å². The van der Waals surface area contributed by atoms with E-state index in [0.29, 0.717) is 0 Å². The van der Waals surface area contributed by atoms with E-state index in [1.54, 1.807) is 0 Å². The topological polar surface area (TPSA) is 9.86 Å². The molecule has 4 aromatic heterocycles. The molecule has 0 unspecified atom stereocenters. The standard InChI is InChI=1S/C50H28N2S2/c1-2-10-31(11-3-1)51-44-23-20-32(26-42(44)41-25-30-19-22-37-35-14-6-9-17-48(35)54-50(37)39(30)28-46(41)51)52-43-15-7-4-12-33(43)40-24-29-18-21-36-34-13-5-8-16-47(34)53-49(36)38(29)27-45(40)52/h1-28H. The van der Waals surface area contributed by atoms with Gasteiger partial charge < -0.3 is 9.13 Å². The van der Waals surface area contributed by atoms with E-state index in [9.17, 15) is 0 Å². The van der Waals surface area contributed by atoms with Crippen LogP contribution >= 0.6 is 22.7 Å². The van der Waals surface area contributed by atoms with Crippen molar-refractivity contribution in [2.24, 2.45) is 0 Å². The highest BCUT2D eigenvalue weighted by Crippen LogP contribution is 2.44. The first-order valence-electron chi connectivity index (χ1n) is 18.4. The Bertz CT molecular complexity index is 3730. The molecule has 54 heavy (non-hydrogen) atoms. The van der Waals surface area contributed by atoms with E-state index in [4.69, 9.17) is 0 Å². The van der Waals surface area contributed by atoms with Gasteiger partial charge in [0.2, 0.25) is 0 Å². The molecule has 0 spiro atoms. The van der Waals surface area contributed by atoms with Crippen molar-refractivity contribution in [1.29, 1.82) is 0 Å². The molecule has 0 N–H and O–H groups in total. The number of nitrogens with zero attached hydrogens (tertiary/aromatic N) is 2. The predicted octanol–water partition coefficient (Wildman–Crippen LogP) is 14.9. The normalized spacial score (nSPS) is 12.4. The van der Waals surface area contributed by atoms with Gasteiger partial charge >= 0.3 is 0 Å². The summed E-state index contributed by atoms with van der Waals surface area (Å²) in [5.41, 5.74) is 7.23. The van der Waals surface area contributed by atoms with Crippen LogP contribution in [0.25, 0.3) is 117 Å². The first-order valence-corrected chi connectivity index (χ1v) is 20.1. The Morgan fingerprint density at radius 3 is 1.43 bits per heavy atom. The van der Waals surface area contributed by atoms with Gasteiger partial charge in [-0.25, -0.2) is 0 Å². The van der Waals surface area contributed by atoms with Gasteiger partial charge in [0.25, 0.3) is 0 Å². The fourth-order valence-corrected chi connectivity index (χ4v) is 11.7. The van der Waals surface area contributed by atoms with Crippen molar-refractivity contribution >= 4 is 128 Å². The molecule has 4 heterocycles. The second kappa shape index (κ2) is 10.6. The molecule has 0 saturated carbocycles. The molecular weight excluding hydrogens is 693 g/mol. The van der Waals surface area contributed by atoms with Gasteiger partial charge in [-0.2, -0.15) is 0 Å². The highest BCUT2D eigenvalue weighted by Gasteiger charge is 2.20. The third-order valence-corrected chi connectivity index (χ3v) is 14.1. The van der Waals surface area contributed by atoms with E-state index in [1.807, 2.05) is 22.7 Å². The number of fused-ring (bicyclic) bond motifs is 16. The maximum atomic E-state index is 2.49. The monoisotopic (exact) mass is 720 g/mol. The van der Waals surface area contributed by atoms with Crippen molar-refractivity contribution < 1.29 is 0 Å². The van der Waals surface area contributed by atoms with Gasteiger partial charge in [0, 0.05) is 84.0 Å². The Morgan fingerprint density at radius 1 is 0.278 bits per heavy atom. The number of rotatable bonds is 2. The van der Waals surface area contributed by atoms with Crippen LogP contribution in [0.3, 0.4) is 0 Å². The Hall–Kier alpha value is -6.46. The lowest BCUT2D eigenvalue weighted by Gasteiger charge is -2.11. The highest BCUT2D eigenvalue weighted by atomic mass is 32.1. The van der Waals surface area contributed by atoms with Crippen LogP contribution in [-0.2, 0) is 0 Å². The summed E-state index contributed by atoms with van der Waals surface area (Å²) in [5.74, 6) is 0. The second-order valence-corrected chi connectivity index (χ2v) is 16.6. The number of hydrogen-bond donors (Lipinski definition) is 0. The lowest BCUT2D eigenvalue weighted by molar-refractivity contribution is 1.17. The molecule has 4 heteroatoms. The van der Waals surface area contributed by atoms with Crippen molar-refractivity contribution in [2.45, 2.75) is 0 Å². The number of thiophene rings is 2. The molecule has 13 rings (SSSR count). The van der Waals surface area contributed by atoms with Crippen molar-refractivity contribution in [3.05, 3.63) is 170 Å². The zero-order valence-corrected chi connectivity index (χ0v) is 30.5. The summed E-state index contributed by atoms with van der Waals surface area (Å²) in [5, 5.41) is 15.6. The van der Waals surface area contributed by atoms with Gasteiger partial charge in [0.15, 0.2) is 0 Å². The van der Waals surface area contributed by atoms with E-state index in [0.717, 1.165) is 0 Å². The predicted molar refractivity (Wildman–Crippen MR) is 236 cm³/mol. The average Bonchev–Trinajstić information content (AvgIpc) is 3.97. The maximum Gasteiger partial charge on any atom is 0.0547 e. The zero-order chi connectivity index (χ0) is 35.1. The van der Waals surface area contributed by atoms with Crippen molar-refractivity contribution in [1.82, 2.24) is 9.13 Å². The molecule has 9 aromatic carbocycles. The molecule has 0 aliphatic carbocycles. The number of hydrogen-bond acceptors (Lipinski definition) is 2. The van der Waals surface area contributed by atoms with Crippen LogP contribution in [0.15, 0.2) is 170 Å². The van der Waals surface area contributed by atoms with Gasteiger partial charge in [0.05, 0.1) is 22.1 Å². The van der Waals surface area contributed by atoms with Crippen molar-refractivity contribution in [2.75, 3.05) is 0 Å². The molecule has 13 aromatic rings. The SMILES string of the molecule is c1ccc(-n2c3ccc(-n4c5ccccc5c5cc6ccc7c8ccccc8sc7c6cc54)cc3c3cc4ccc5c6ccccc6sc5c4cc32)cc1. The lowest BCUT2D eigenvalue weighted by atomic mass is 10.0. The third-order valence-electron chi connectivity index (χ3n) is 11.7. The Morgan fingerprint density at radius 2 is 0.778 bits per heavy atom. The highest BCUT2D eigenvalue weighted by molar-refractivity contribution is 7.27. The molecule has 0 atom stereocenters. The smallest absolute Gasteiger partial charge is 0.0547 e. The third kappa shape index (κ3) is 3.83. The summed E-state index contributed by atoms with van der Waals surface area (Å²) in [6, 6.07) is 63.4. The lowest BCUT2D eigenvalue weighted by Crippen LogP contribution is -1.95. The molecular formula is C50H28N2S2. The van der Waals surface area contributed by atoms with Gasteiger partial charge in [-0.15, -0.1) is 22.7 Å². The van der Waals surface area contributed by atoms with Gasteiger partial charge in [-0.05, 0) is 83.6 Å². The molecule has 0 bridgehead atoms. The molecule has 2 nitrogen and oxygen atoms in total. The average molecular weight is 721 g/mol. The Labute approximate surface area is 316 Å². The first kappa shape index (κ1) is 29.0. The van der Waals surface area contributed by atoms with Crippen LogP contribution in [0.1, 0.15) is 0 Å². The number of aromatic nitrogens is 2. The molecule has 0 saturated heterocycles. The maximum absolute atomic E-state index is 2.49. The minimum atomic E-state index is 1.17. The van der Waals surface area contributed by atoms with Crippen LogP contribution in [0.5, 0.6) is 0 Å². The van der Waals surface area contributed by atoms with Gasteiger partial charge in [0.1, 0.15) is 0 Å². The molecule has 250 valence electrons. The van der Waals surface area contributed by atoms with Crippen LogP contribution in [0, 0.1) is 0 Å². The molecule has 0 amide bonds. The van der Waals surface area contributed by atoms with E-state index in [-0.39, 0.29) is 0 Å². The first-order chi connectivity index (χ1) is 26.8. The Kier molecular flexibility index (Phi) is 5.69. The van der Waals surface area contributed by atoms with E-state index in [1.165, 1.54) is 117 Å². The number of benzene rings is 9. The summed E-state index contributed by atoms with van der Waals surface area (Å²) in [4.78, 5) is 0. The number of para-hydroxylation sites is 2. The second-order valence-electron chi connectivity index (χ2n) is 14.5. The van der Waals surface area contributed by atoms with Gasteiger partial charge in [-0.3, -0.25) is 0 Å². The van der Waals surface area contributed by atoms with Crippen LogP contribution in [-0.4, -0.2) is 9.13 Å². The van der Waals surface area contributed by atoms with E-state index < -0.39 is 0 Å². The Balaban J connectivity index is 1.13. The summed E-state index contributed by atoms with van der Waals surface area (Å²) in [6.45, 7) is 0.